The van der Waals surface area contributed by atoms with Gasteiger partial charge in [-0.15, -0.1) is 0 Å². The van der Waals surface area contributed by atoms with Crippen LogP contribution in [0.2, 0.25) is 0 Å². The van der Waals surface area contributed by atoms with Crippen molar-refractivity contribution in [2.24, 2.45) is 5.10 Å². The number of nitrogens with one attached hydrogen (secondary N) is 1. The van der Waals surface area contributed by atoms with Crippen molar-refractivity contribution in [1.29, 1.82) is 0 Å². The molecule has 0 amide bonds. The molecule has 4 rings (SSSR count). The van der Waals surface area contributed by atoms with Gasteiger partial charge in [0.15, 0.2) is 0 Å². The number of fused-ring (bicyclic) bond motifs is 1. The molecule has 7 nitrogen and oxygen atoms in total. The fraction of sp³-hybridized carbons (Fsp3) is 0.185. The summed E-state index contributed by atoms with van der Waals surface area (Å²) in [5, 5.41) is 15.7. The highest BCUT2D eigenvalue weighted by Gasteiger charge is 2.26. The maximum Gasteiger partial charge on any atom is 0.343 e. The number of aryl methyl sites for hydroxylation is 1. The molecule has 8 heteroatoms. The van der Waals surface area contributed by atoms with E-state index in [1.807, 2.05) is 44.2 Å². The SMILES string of the molecule is CC/C(CC(c1ccccc1)c1c(O)c2ccccc2oc1=O)=N\NS(=O)(=O)c1ccc(C)cc1. The van der Waals surface area contributed by atoms with E-state index in [4.69, 9.17) is 4.42 Å². The van der Waals surface area contributed by atoms with Crippen molar-refractivity contribution in [2.75, 3.05) is 0 Å². The van der Waals surface area contributed by atoms with E-state index in [0.717, 1.165) is 11.1 Å². The van der Waals surface area contributed by atoms with Gasteiger partial charge in [0.1, 0.15) is 11.3 Å². The molecule has 35 heavy (non-hydrogen) atoms. The van der Waals surface area contributed by atoms with E-state index >= 15 is 0 Å². The zero-order chi connectivity index (χ0) is 25.0. The number of sulfonamides is 1. The number of rotatable bonds is 8. The Bertz CT molecular complexity index is 1530. The van der Waals surface area contributed by atoms with Crippen molar-refractivity contribution in [2.45, 2.75) is 37.5 Å². The lowest BCUT2D eigenvalue weighted by atomic mass is 9.86. The summed E-state index contributed by atoms with van der Waals surface area (Å²) < 4.78 is 30.9. The van der Waals surface area contributed by atoms with Crippen LogP contribution in [-0.2, 0) is 10.0 Å². The Kier molecular flexibility index (Phi) is 7.02. The van der Waals surface area contributed by atoms with Crippen molar-refractivity contribution in [1.82, 2.24) is 4.83 Å². The third kappa shape index (κ3) is 5.27. The number of benzene rings is 3. The van der Waals surface area contributed by atoms with Crippen molar-refractivity contribution in [3.05, 3.63) is 106 Å². The summed E-state index contributed by atoms with van der Waals surface area (Å²) in [6, 6.07) is 22.5. The molecule has 0 spiro atoms. The number of para-hydroxylation sites is 1. The van der Waals surface area contributed by atoms with Crippen LogP contribution in [0.3, 0.4) is 0 Å². The second kappa shape index (κ2) is 10.1. The van der Waals surface area contributed by atoms with Crippen LogP contribution in [0, 0.1) is 6.92 Å². The average Bonchev–Trinajstić information content (AvgIpc) is 2.86. The third-order valence-electron chi connectivity index (χ3n) is 5.87. The third-order valence-corrected chi connectivity index (χ3v) is 7.10. The summed E-state index contributed by atoms with van der Waals surface area (Å²) in [7, 11) is -3.86. The molecule has 0 saturated heterocycles. The number of hydrogen-bond acceptors (Lipinski definition) is 6. The standard InChI is InChI=1S/C27H26N2O5S/c1-3-20(28-29-35(32,33)21-15-13-18(2)14-16-21)17-23(19-9-5-4-6-10-19)25-26(30)22-11-7-8-12-24(22)34-27(25)31/h4-16,23,29-30H,3,17H2,1-2H3/b28-20+. The zero-order valence-corrected chi connectivity index (χ0v) is 20.2. The van der Waals surface area contributed by atoms with Crippen molar-refractivity contribution < 1.29 is 17.9 Å². The van der Waals surface area contributed by atoms with Crippen molar-refractivity contribution in [3.63, 3.8) is 0 Å². The van der Waals surface area contributed by atoms with E-state index in [9.17, 15) is 18.3 Å². The van der Waals surface area contributed by atoms with Gasteiger partial charge in [0.2, 0.25) is 0 Å². The monoisotopic (exact) mass is 490 g/mol. The quantitative estimate of drug-likeness (QED) is 0.204. The maximum absolute atomic E-state index is 13.0. The maximum atomic E-state index is 13.0. The summed E-state index contributed by atoms with van der Waals surface area (Å²) in [6.07, 6.45) is 0.632. The van der Waals surface area contributed by atoms with Crippen LogP contribution in [0.1, 0.15) is 42.4 Å². The summed E-state index contributed by atoms with van der Waals surface area (Å²) in [5.74, 6) is -0.749. The minimum Gasteiger partial charge on any atom is -0.507 e. The molecular weight excluding hydrogens is 464 g/mol. The van der Waals surface area contributed by atoms with Gasteiger partial charge in [-0.1, -0.05) is 67.1 Å². The van der Waals surface area contributed by atoms with Gasteiger partial charge >= 0.3 is 5.63 Å². The highest BCUT2D eigenvalue weighted by atomic mass is 32.2. The summed E-state index contributed by atoms with van der Waals surface area (Å²) in [5.41, 5.74) is 1.99. The van der Waals surface area contributed by atoms with Crippen LogP contribution in [0.25, 0.3) is 11.0 Å². The Labute approximate surface area is 203 Å². The molecule has 0 fully saturated rings. The molecule has 180 valence electrons. The largest absolute Gasteiger partial charge is 0.507 e. The molecule has 1 aromatic heterocycles. The molecule has 0 bridgehead atoms. The molecule has 1 heterocycles. The van der Waals surface area contributed by atoms with Crippen molar-refractivity contribution in [3.8, 4) is 5.75 Å². The van der Waals surface area contributed by atoms with Crippen LogP contribution in [0.15, 0.2) is 98.1 Å². The zero-order valence-electron chi connectivity index (χ0n) is 19.4. The second-order valence-electron chi connectivity index (χ2n) is 8.25. The Balaban J connectivity index is 1.74. The minimum atomic E-state index is -3.86. The van der Waals surface area contributed by atoms with Crippen LogP contribution >= 0.6 is 0 Å². The fourth-order valence-electron chi connectivity index (χ4n) is 3.93. The molecular formula is C27H26N2O5S. The highest BCUT2D eigenvalue weighted by Crippen LogP contribution is 2.36. The molecule has 4 aromatic rings. The molecule has 0 radical (unpaired) electrons. The molecule has 1 atom stereocenters. The number of hydrogen-bond donors (Lipinski definition) is 2. The topological polar surface area (TPSA) is 109 Å². The molecule has 0 aliphatic carbocycles. The van der Waals surface area contributed by atoms with Crippen LogP contribution in [0.5, 0.6) is 5.75 Å². The molecule has 3 aromatic carbocycles. The Morgan fingerprint density at radius 2 is 1.66 bits per heavy atom. The summed E-state index contributed by atoms with van der Waals surface area (Å²) in [6.45, 7) is 3.73. The smallest absolute Gasteiger partial charge is 0.343 e. The lowest BCUT2D eigenvalue weighted by Gasteiger charge is -2.19. The van der Waals surface area contributed by atoms with Gasteiger partial charge in [-0.3, -0.25) is 0 Å². The van der Waals surface area contributed by atoms with E-state index < -0.39 is 21.6 Å². The first-order chi connectivity index (χ1) is 16.8. The molecule has 0 aliphatic heterocycles. The van der Waals surface area contributed by atoms with Gasteiger partial charge in [-0.2, -0.15) is 13.5 Å². The van der Waals surface area contributed by atoms with E-state index in [0.29, 0.717) is 23.1 Å². The van der Waals surface area contributed by atoms with Gasteiger partial charge in [-0.05, 0) is 49.6 Å². The van der Waals surface area contributed by atoms with Gasteiger partial charge in [0.05, 0.1) is 15.8 Å². The predicted molar refractivity (Wildman–Crippen MR) is 136 cm³/mol. The Hall–Kier alpha value is -3.91. The van der Waals surface area contributed by atoms with Gasteiger partial charge in [0, 0.05) is 11.6 Å². The normalized spacial score (nSPS) is 13.0. The first-order valence-corrected chi connectivity index (χ1v) is 12.7. The number of nitrogens with zero attached hydrogens (tertiary/aromatic N) is 1. The first-order valence-electron chi connectivity index (χ1n) is 11.2. The second-order valence-corrected chi connectivity index (χ2v) is 9.92. The Morgan fingerprint density at radius 1 is 1.00 bits per heavy atom. The summed E-state index contributed by atoms with van der Waals surface area (Å²) in [4.78, 5) is 15.4. The molecule has 2 N–H and O–H groups in total. The van der Waals surface area contributed by atoms with E-state index in [2.05, 4.69) is 9.93 Å². The van der Waals surface area contributed by atoms with Gasteiger partial charge in [-0.25, -0.2) is 9.63 Å². The van der Waals surface area contributed by atoms with Crippen LogP contribution in [0.4, 0.5) is 0 Å². The van der Waals surface area contributed by atoms with Crippen LogP contribution < -0.4 is 10.5 Å². The van der Waals surface area contributed by atoms with E-state index in [1.165, 1.54) is 12.1 Å². The highest BCUT2D eigenvalue weighted by molar-refractivity contribution is 7.89. The van der Waals surface area contributed by atoms with E-state index in [1.54, 1.807) is 36.4 Å². The number of aromatic hydroxyl groups is 1. The molecule has 0 saturated carbocycles. The Morgan fingerprint density at radius 3 is 2.34 bits per heavy atom. The summed E-state index contributed by atoms with van der Waals surface area (Å²) >= 11 is 0. The fourth-order valence-corrected chi connectivity index (χ4v) is 4.78. The lowest BCUT2D eigenvalue weighted by Crippen LogP contribution is -2.22. The lowest BCUT2D eigenvalue weighted by molar-refractivity contribution is 0.452. The van der Waals surface area contributed by atoms with E-state index in [-0.39, 0.29) is 22.6 Å². The van der Waals surface area contributed by atoms with Gasteiger partial charge < -0.3 is 9.52 Å². The molecule has 1 unspecified atom stereocenters. The predicted octanol–water partition coefficient (Wildman–Crippen LogP) is 5.07. The van der Waals surface area contributed by atoms with Crippen LogP contribution in [-0.4, -0.2) is 19.2 Å². The van der Waals surface area contributed by atoms with Crippen molar-refractivity contribution >= 4 is 26.7 Å². The van der Waals surface area contributed by atoms with Gasteiger partial charge in [0.25, 0.3) is 10.0 Å². The average molecular weight is 491 g/mol. The first kappa shape index (κ1) is 24.2. The molecule has 0 aliphatic rings. The number of hydrazone groups is 1. The minimum absolute atomic E-state index is 0.106.